The molecule has 0 saturated carbocycles. The Morgan fingerprint density at radius 2 is 2.00 bits per heavy atom. The minimum atomic E-state index is -0.381. The van der Waals surface area contributed by atoms with Crippen LogP contribution in [0.3, 0.4) is 0 Å². The lowest BCUT2D eigenvalue weighted by Crippen LogP contribution is -2.21. The van der Waals surface area contributed by atoms with E-state index in [0.717, 1.165) is 11.4 Å². The molecule has 0 bridgehead atoms. The Labute approximate surface area is 159 Å². The van der Waals surface area contributed by atoms with E-state index < -0.39 is 0 Å². The highest BCUT2D eigenvalue weighted by atomic mass is 35.5. The van der Waals surface area contributed by atoms with Crippen LogP contribution in [0.5, 0.6) is 5.75 Å². The molecule has 3 rings (SSSR count). The first-order valence-electron chi connectivity index (χ1n) is 7.66. The van der Waals surface area contributed by atoms with E-state index in [0.29, 0.717) is 27.4 Å². The Bertz CT molecular complexity index is 958. The van der Waals surface area contributed by atoms with Crippen molar-refractivity contribution in [1.82, 2.24) is 19.7 Å². The van der Waals surface area contributed by atoms with Crippen LogP contribution in [0, 0.1) is 13.8 Å². The fourth-order valence-corrected chi connectivity index (χ4v) is 2.77. The standard InChI is InChI=1S/C17H15Cl2N5O2/c1-10-5-11(2)24(23-10)16-7-15(20-9-21-16)22-17(25)8-26-14-4-3-12(18)6-13(14)19/h3-7,9H,8H2,1-2H3,(H,20,21,22,25). The van der Waals surface area contributed by atoms with Gasteiger partial charge in [0.2, 0.25) is 0 Å². The number of carbonyl (C=O) groups is 1. The fraction of sp³-hybridized carbons (Fsp3) is 0.176. The predicted molar refractivity (Wildman–Crippen MR) is 99.2 cm³/mol. The zero-order chi connectivity index (χ0) is 18.7. The number of benzene rings is 1. The zero-order valence-corrected chi connectivity index (χ0v) is 15.5. The molecule has 1 aromatic carbocycles. The highest BCUT2D eigenvalue weighted by Crippen LogP contribution is 2.27. The van der Waals surface area contributed by atoms with Crippen LogP contribution in [0.15, 0.2) is 36.7 Å². The summed E-state index contributed by atoms with van der Waals surface area (Å²) in [5.41, 5.74) is 1.80. The van der Waals surface area contributed by atoms with Crippen LogP contribution in [0.25, 0.3) is 5.82 Å². The second-order valence-corrected chi connectivity index (χ2v) is 6.36. The van der Waals surface area contributed by atoms with Gasteiger partial charge in [0, 0.05) is 16.8 Å². The Morgan fingerprint density at radius 3 is 2.69 bits per heavy atom. The zero-order valence-electron chi connectivity index (χ0n) is 14.0. The van der Waals surface area contributed by atoms with Crippen molar-refractivity contribution in [2.75, 3.05) is 11.9 Å². The van der Waals surface area contributed by atoms with Crippen LogP contribution in [0.1, 0.15) is 11.4 Å². The molecule has 1 amide bonds. The summed E-state index contributed by atoms with van der Waals surface area (Å²) in [6.45, 7) is 3.59. The summed E-state index contributed by atoms with van der Waals surface area (Å²) in [6.07, 6.45) is 1.36. The van der Waals surface area contributed by atoms with Crippen molar-refractivity contribution < 1.29 is 9.53 Å². The van der Waals surface area contributed by atoms with Crippen molar-refractivity contribution >= 4 is 34.9 Å². The number of hydrogen-bond donors (Lipinski definition) is 1. The van der Waals surface area contributed by atoms with Gasteiger partial charge in [-0.1, -0.05) is 23.2 Å². The lowest BCUT2D eigenvalue weighted by atomic mass is 10.3. The number of nitrogens with zero attached hydrogens (tertiary/aromatic N) is 4. The van der Waals surface area contributed by atoms with E-state index in [9.17, 15) is 4.79 Å². The Morgan fingerprint density at radius 1 is 1.19 bits per heavy atom. The summed E-state index contributed by atoms with van der Waals surface area (Å²) in [6, 6.07) is 8.34. The number of halogens is 2. The fourth-order valence-electron chi connectivity index (χ4n) is 2.31. The summed E-state index contributed by atoms with van der Waals surface area (Å²) >= 11 is 11.8. The molecule has 0 aliphatic heterocycles. The lowest BCUT2D eigenvalue weighted by molar-refractivity contribution is -0.118. The molecule has 0 spiro atoms. The van der Waals surface area contributed by atoms with Crippen molar-refractivity contribution in [3.63, 3.8) is 0 Å². The molecule has 0 unspecified atom stereocenters. The minimum absolute atomic E-state index is 0.222. The van der Waals surface area contributed by atoms with Crippen LogP contribution in [-0.2, 0) is 4.79 Å². The Hall–Kier alpha value is -2.64. The third-order valence-electron chi connectivity index (χ3n) is 3.40. The van der Waals surface area contributed by atoms with E-state index in [4.69, 9.17) is 27.9 Å². The van der Waals surface area contributed by atoms with Gasteiger partial charge < -0.3 is 10.1 Å². The van der Waals surface area contributed by atoms with Crippen LogP contribution >= 0.6 is 23.2 Å². The van der Waals surface area contributed by atoms with E-state index in [-0.39, 0.29) is 12.5 Å². The SMILES string of the molecule is Cc1cc(C)n(-c2cc(NC(=O)COc3ccc(Cl)cc3Cl)ncn2)n1. The van der Waals surface area contributed by atoms with Gasteiger partial charge in [0.05, 0.1) is 10.7 Å². The largest absolute Gasteiger partial charge is 0.482 e. The van der Waals surface area contributed by atoms with Crippen molar-refractivity contribution in [3.05, 3.63) is 58.1 Å². The van der Waals surface area contributed by atoms with Gasteiger partial charge in [-0.15, -0.1) is 0 Å². The quantitative estimate of drug-likeness (QED) is 0.718. The third-order valence-corrected chi connectivity index (χ3v) is 3.93. The van der Waals surface area contributed by atoms with Crippen LogP contribution in [0.4, 0.5) is 5.82 Å². The maximum Gasteiger partial charge on any atom is 0.263 e. The van der Waals surface area contributed by atoms with Gasteiger partial charge >= 0.3 is 0 Å². The molecule has 7 nitrogen and oxygen atoms in total. The van der Waals surface area contributed by atoms with Crippen molar-refractivity contribution in [3.8, 4) is 11.6 Å². The van der Waals surface area contributed by atoms with Gasteiger partial charge in [-0.2, -0.15) is 5.10 Å². The Kier molecular flexibility index (Phi) is 5.39. The number of aryl methyl sites for hydroxylation is 2. The molecule has 134 valence electrons. The first-order chi connectivity index (χ1) is 12.4. The third kappa shape index (κ3) is 4.30. The molecule has 0 atom stereocenters. The van der Waals surface area contributed by atoms with E-state index in [1.807, 2.05) is 19.9 Å². The normalized spacial score (nSPS) is 10.6. The van der Waals surface area contributed by atoms with Gasteiger partial charge in [-0.3, -0.25) is 4.79 Å². The number of carbonyl (C=O) groups excluding carboxylic acids is 1. The molecule has 2 aromatic heterocycles. The highest BCUT2D eigenvalue weighted by Gasteiger charge is 2.10. The van der Waals surface area contributed by atoms with Crippen LogP contribution in [-0.4, -0.2) is 32.3 Å². The van der Waals surface area contributed by atoms with E-state index in [1.54, 1.807) is 28.9 Å². The molecule has 9 heteroatoms. The van der Waals surface area contributed by atoms with Crippen molar-refractivity contribution in [2.24, 2.45) is 0 Å². The molecule has 0 saturated heterocycles. The molecule has 3 aromatic rings. The van der Waals surface area contributed by atoms with Gasteiger partial charge in [0.1, 0.15) is 17.9 Å². The van der Waals surface area contributed by atoms with Crippen LogP contribution < -0.4 is 10.1 Å². The van der Waals surface area contributed by atoms with Gasteiger partial charge in [-0.05, 0) is 38.1 Å². The minimum Gasteiger partial charge on any atom is -0.482 e. The van der Waals surface area contributed by atoms with Crippen LogP contribution in [0.2, 0.25) is 10.0 Å². The number of rotatable bonds is 5. The molecular weight excluding hydrogens is 377 g/mol. The number of nitrogens with one attached hydrogen (secondary N) is 1. The average Bonchev–Trinajstić information content (AvgIpc) is 2.93. The molecule has 0 aliphatic rings. The summed E-state index contributed by atoms with van der Waals surface area (Å²) in [4.78, 5) is 20.3. The summed E-state index contributed by atoms with van der Waals surface area (Å²) in [7, 11) is 0. The van der Waals surface area contributed by atoms with Gasteiger partial charge in [-0.25, -0.2) is 14.6 Å². The molecule has 0 radical (unpaired) electrons. The first-order valence-corrected chi connectivity index (χ1v) is 8.41. The van der Waals surface area contributed by atoms with E-state index in [1.165, 1.54) is 6.33 Å². The smallest absolute Gasteiger partial charge is 0.263 e. The predicted octanol–water partition coefficient (Wildman–Crippen LogP) is 3.60. The molecular formula is C17H15Cl2N5O2. The molecule has 26 heavy (non-hydrogen) atoms. The average molecular weight is 392 g/mol. The lowest BCUT2D eigenvalue weighted by Gasteiger charge is -2.09. The number of ether oxygens (including phenoxy) is 1. The monoisotopic (exact) mass is 391 g/mol. The number of aromatic nitrogens is 4. The van der Waals surface area contributed by atoms with Gasteiger partial charge in [0.25, 0.3) is 5.91 Å². The number of anilines is 1. The molecule has 1 N–H and O–H groups in total. The topological polar surface area (TPSA) is 81.9 Å². The maximum absolute atomic E-state index is 12.1. The highest BCUT2D eigenvalue weighted by molar-refractivity contribution is 6.35. The van der Waals surface area contributed by atoms with E-state index in [2.05, 4.69) is 20.4 Å². The summed E-state index contributed by atoms with van der Waals surface area (Å²) in [5.74, 6) is 0.896. The molecule has 0 fully saturated rings. The molecule has 2 heterocycles. The molecule has 0 aliphatic carbocycles. The van der Waals surface area contributed by atoms with Crippen molar-refractivity contribution in [2.45, 2.75) is 13.8 Å². The second-order valence-electron chi connectivity index (χ2n) is 5.51. The Balaban J connectivity index is 1.66. The van der Waals surface area contributed by atoms with Gasteiger partial charge in [0.15, 0.2) is 12.4 Å². The number of amides is 1. The van der Waals surface area contributed by atoms with Crippen molar-refractivity contribution in [1.29, 1.82) is 0 Å². The maximum atomic E-state index is 12.1. The summed E-state index contributed by atoms with van der Waals surface area (Å²) in [5, 5.41) is 7.83. The summed E-state index contributed by atoms with van der Waals surface area (Å²) < 4.78 is 7.08. The first kappa shape index (κ1) is 18.2. The van der Waals surface area contributed by atoms with E-state index >= 15 is 0 Å². The second kappa shape index (κ2) is 7.72. The number of hydrogen-bond acceptors (Lipinski definition) is 5.